The van der Waals surface area contributed by atoms with E-state index in [-0.39, 0.29) is 45.3 Å². The first-order valence-corrected chi connectivity index (χ1v) is 21.7. The number of hydrogen-bond acceptors (Lipinski definition) is 5. The first kappa shape index (κ1) is 38.1. The molecule has 7 heteroatoms. The highest BCUT2D eigenvalue weighted by molar-refractivity contribution is 6.00. The number of hydrogen-bond donors (Lipinski definition) is 3. The van der Waals surface area contributed by atoms with E-state index in [0.717, 1.165) is 49.2 Å². The van der Waals surface area contributed by atoms with Crippen molar-refractivity contribution >= 4 is 28.6 Å². The van der Waals surface area contributed by atoms with Gasteiger partial charge in [0.1, 0.15) is 11.6 Å². The highest BCUT2D eigenvalue weighted by Crippen LogP contribution is 2.74. The van der Waals surface area contributed by atoms with Crippen molar-refractivity contribution in [3.8, 4) is 0 Å². The average molecular weight is 738 g/mol. The topological polar surface area (TPSA) is 112 Å². The van der Waals surface area contributed by atoms with Crippen molar-refractivity contribution in [3.63, 3.8) is 0 Å². The van der Waals surface area contributed by atoms with Gasteiger partial charge in [-0.05, 0) is 159 Å². The van der Waals surface area contributed by atoms with Crippen LogP contribution < -0.4 is 5.32 Å². The van der Waals surface area contributed by atoms with E-state index >= 15 is 0 Å². The van der Waals surface area contributed by atoms with Crippen LogP contribution in [-0.4, -0.2) is 39.2 Å². The molecule has 6 aliphatic rings. The van der Waals surface area contributed by atoms with Crippen molar-refractivity contribution in [3.05, 3.63) is 40.7 Å². The number of Topliss-reactive ketones (excluding diaryl/α,β-unsaturated/α-hetero) is 2. The summed E-state index contributed by atoms with van der Waals surface area (Å²) < 4.78 is 0. The summed E-state index contributed by atoms with van der Waals surface area (Å²) >= 11 is 0. The molecule has 0 bridgehead atoms. The zero-order valence-corrected chi connectivity index (χ0v) is 34.4. The normalized spacial score (nSPS) is 39.8. The molecule has 0 spiro atoms. The third-order valence-electron chi connectivity index (χ3n) is 17.7. The van der Waals surface area contributed by atoms with Crippen molar-refractivity contribution in [2.24, 2.45) is 74.9 Å². The van der Waals surface area contributed by atoms with Gasteiger partial charge < -0.3 is 15.4 Å². The lowest BCUT2D eigenvalue weighted by molar-refractivity contribution is -0.193. The fourth-order valence-corrected chi connectivity index (χ4v) is 15.0. The minimum Gasteiger partial charge on any atom is -0.481 e. The maximum absolute atomic E-state index is 14.0. The Kier molecular flexibility index (Phi) is 9.46. The van der Waals surface area contributed by atoms with Crippen LogP contribution in [0.2, 0.25) is 0 Å². The molecule has 0 saturated heterocycles. The predicted octanol–water partition coefficient (Wildman–Crippen LogP) is 9.87. The van der Waals surface area contributed by atoms with E-state index in [1.54, 1.807) is 5.57 Å². The smallest absolute Gasteiger partial charge is 0.306 e. The fourth-order valence-electron chi connectivity index (χ4n) is 15.0. The molecule has 8 rings (SSSR count). The summed E-state index contributed by atoms with van der Waals surface area (Å²) in [7, 11) is 0. The molecule has 6 aliphatic carbocycles. The lowest BCUT2D eigenvalue weighted by Gasteiger charge is -2.69. The number of aliphatic carboxylic acids is 1. The van der Waals surface area contributed by atoms with Gasteiger partial charge in [-0.2, -0.15) is 0 Å². The highest BCUT2D eigenvalue weighted by atomic mass is 16.4. The first-order chi connectivity index (χ1) is 25.5. The number of carboxylic acid groups (broad SMARTS) is 1. The van der Waals surface area contributed by atoms with E-state index in [2.05, 4.69) is 75.0 Å². The van der Waals surface area contributed by atoms with Crippen LogP contribution in [0.5, 0.6) is 0 Å². The van der Waals surface area contributed by atoms with Crippen LogP contribution in [0.4, 0.5) is 0 Å². The van der Waals surface area contributed by atoms with Crippen molar-refractivity contribution in [1.82, 2.24) is 15.3 Å². The summed E-state index contributed by atoms with van der Waals surface area (Å²) in [5.41, 5.74) is 6.70. The van der Waals surface area contributed by atoms with Gasteiger partial charge in [-0.25, -0.2) is 4.98 Å². The quantitative estimate of drug-likeness (QED) is 0.209. The summed E-state index contributed by atoms with van der Waals surface area (Å²) in [4.78, 5) is 47.2. The van der Waals surface area contributed by atoms with Crippen molar-refractivity contribution < 1.29 is 19.5 Å². The molecular formula is C47H67N3O4. The highest BCUT2D eigenvalue weighted by Gasteiger charge is 2.66. The Morgan fingerprint density at radius 3 is 2.46 bits per heavy atom. The van der Waals surface area contributed by atoms with Gasteiger partial charge >= 0.3 is 5.97 Å². The summed E-state index contributed by atoms with van der Waals surface area (Å²) in [6, 6.07) is 6.49. The summed E-state index contributed by atoms with van der Waals surface area (Å²) in [6.07, 6.45) is 12.4. The third-order valence-corrected chi connectivity index (χ3v) is 17.7. The van der Waals surface area contributed by atoms with E-state index in [1.807, 2.05) is 13.8 Å². The standard InChI is InChI=1S/C47H67N3O4/c1-26(2)41-38(52)24-47(19-20-48-25-29-9-11-35-36(21-29)50-28(4)49-35)18-14-34-31(42(41)47)10-12-40-45(34,7)17-15-39-44(5,6)30(13-16-46(39,40)8)22-37(51)32-23-33(27(32)3)43(53)54/h9,11,21,26-27,30-34,39-40,48H,10,12-20,22-25H2,1-8H3,(H,49,50)(H,53,54). The summed E-state index contributed by atoms with van der Waals surface area (Å²) in [6.45, 7) is 20.4. The second kappa shape index (κ2) is 13.4. The molecule has 5 saturated carbocycles. The number of allylic oxidation sites excluding steroid dienone is 2. The van der Waals surface area contributed by atoms with Crippen LogP contribution in [-0.2, 0) is 20.9 Å². The number of ketones is 2. The number of aromatic amines is 1. The number of aryl methyl sites for hydroxylation is 1. The van der Waals surface area contributed by atoms with Crippen LogP contribution in [0.25, 0.3) is 11.0 Å². The molecule has 294 valence electrons. The number of carbonyl (C=O) groups excluding carboxylic acids is 2. The molecule has 1 aromatic heterocycles. The van der Waals surface area contributed by atoms with E-state index in [9.17, 15) is 19.5 Å². The number of carbonyl (C=O) groups is 3. The maximum Gasteiger partial charge on any atom is 0.306 e. The summed E-state index contributed by atoms with van der Waals surface area (Å²) in [5.74, 6) is 3.46. The number of nitrogens with one attached hydrogen (secondary N) is 2. The average Bonchev–Trinajstić information content (AvgIpc) is 3.62. The van der Waals surface area contributed by atoms with Gasteiger partial charge in [-0.1, -0.05) is 60.1 Å². The van der Waals surface area contributed by atoms with Crippen LogP contribution in [0.1, 0.15) is 137 Å². The minimum absolute atomic E-state index is 0.00535. The maximum atomic E-state index is 14.0. The van der Waals surface area contributed by atoms with Crippen molar-refractivity contribution in [1.29, 1.82) is 0 Å². The van der Waals surface area contributed by atoms with Gasteiger partial charge in [0.05, 0.1) is 17.0 Å². The molecule has 1 heterocycles. The summed E-state index contributed by atoms with van der Waals surface area (Å²) in [5, 5.41) is 13.3. The predicted molar refractivity (Wildman–Crippen MR) is 213 cm³/mol. The monoisotopic (exact) mass is 738 g/mol. The van der Waals surface area contributed by atoms with Gasteiger partial charge in [0, 0.05) is 30.7 Å². The van der Waals surface area contributed by atoms with Gasteiger partial charge in [0.25, 0.3) is 0 Å². The number of aromatic nitrogens is 2. The van der Waals surface area contributed by atoms with Gasteiger partial charge in [-0.3, -0.25) is 14.4 Å². The SMILES string of the molecule is Cc1nc2ccc(CNCCC34CCC5C(CCC6C5(C)CCC5C(C)(C)C(CC(=O)C7CC(C(=O)O)C7C)CCC56C)C3=C(C(C)C)C(=O)C4)cc2[nH]1. The molecule has 5 fully saturated rings. The Bertz CT molecular complexity index is 1870. The molecule has 0 radical (unpaired) electrons. The molecule has 1 aromatic carbocycles. The zero-order chi connectivity index (χ0) is 38.5. The number of H-pyrrole nitrogens is 1. The fraction of sp³-hybridized carbons (Fsp3) is 0.745. The lowest BCUT2D eigenvalue weighted by atomic mass is 9.35. The molecule has 54 heavy (non-hydrogen) atoms. The van der Waals surface area contributed by atoms with Crippen molar-refractivity contribution in [2.45, 2.75) is 139 Å². The largest absolute Gasteiger partial charge is 0.481 e. The van der Waals surface area contributed by atoms with Crippen molar-refractivity contribution in [2.75, 3.05) is 6.54 Å². The van der Waals surface area contributed by atoms with Crippen LogP contribution in [0.15, 0.2) is 29.3 Å². The van der Waals surface area contributed by atoms with E-state index in [4.69, 9.17) is 0 Å². The van der Waals surface area contributed by atoms with E-state index < -0.39 is 5.97 Å². The van der Waals surface area contributed by atoms with E-state index in [0.29, 0.717) is 60.4 Å². The Labute approximate surface area is 323 Å². The second-order valence-corrected chi connectivity index (χ2v) is 20.8. The van der Waals surface area contributed by atoms with Crippen LogP contribution >= 0.6 is 0 Å². The lowest BCUT2D eigenvalue weighted by Crippen LogP contribution is -2.62. The Balaban J connectivity index is 0.981. The second-order valence-electron chi connectivity index (χ2n) is 20.8. The molecule has 11 unspecified atom stereocenters. The number of benzene rings is 1. The minimum atomic E-state index is -0.747. The van der Waals surface area contributed by atoms with Gasteiger partial charge in [0.15, 0.2) is 5.78 Å². The van der Waals surface area contributed by atoms with Gasteiger partial charge in [0.2, 0.25) is 0 Å². The first-order valence-electron chi connectivity index (χ1n) is 21.7. The molecule has 0 amide bonds. The van der Waals surface area contributed by atoms with Crippen LogP contribution in [0, 0.1) is 81.8 Å². The Morgan fingerprint density at radius 2 is 1.74 bits per heavy atom. The Morgan fingerprint density at radius 1 is 0.981 bits per heavy atom. The Hall–Kier alpha value is -2.80. The number of rotatable bonds is 10. The molecule has 2 aromatic rings. The number of carboxylic acids is 1. The number of fused-ring (bicyclic) bond motifs is 8. The number of nitrogens with zero attached hydrogens (tertiary/aromatic N) is 1. The zero-order valence-electron chi connectivity index (χ0n) is 34.4. The molecule has 7 nitrogen and oxygen atoms in total. The molecule has 0 aliphatic heterocycles. The molecule has 11 atom stereocenters. The number of imidazole rings is 1. The third kappa shape index (κ3) is 5.82. The van der Waals surface area contributed by atoms with Crippen LogP contribution in [0.3, 0.4) is 0 Å². The molecular weight excluding hydrogens is 671 g/mol. The van der Waals surface area contributed by atoms with Gasteiger partial charge in [-0.15, -0.1) is 0 Å². The van der Waals surface area contributed by atoms with E-state index in [1.165, 1.54) is 49.7 Å². The molecule has 3 N–H and O–H groups in total.